The molecule has 2 aromatic rings. The molecule has 0 bridgehead atoms. The maximum Gasteiger partial charge on any atom is 0.489 e. The number of rotatable bonds is 5. The minimum Gasteiger partial charge on any atom is -0.423 e. The highest BCUT2D eigenvalue weighted by atomic mass is 16.4. The van der Waals surface area contributed by atoms with Crippen LogP contribution in [0.3, 0.4) is 0 Å². The summed E-state index contributed by atoms with van der Waals surface area (Å²) in [6.07, 6.45) is 0.444. The van der Waals surface area contributed by atoms with Crippen molar-refractivity contribution in [2.75, 3.05) is 6.54 Å². The molecule has 158 valence electrons. The van der Waals surface area contributed by atoms with E-state index in [1.165, 1.54) is 23.2 Å². The van der Waals surface area contributed by atoms with Gasteiger partial charge in [-0.3, -0.25) is 19.8 Å². The molecule has 0 saturated heterocycles. The number of carbonyl (C=O) groups excluding carboxylic acids is 3. The number of amides is 2. The van der Waals surface area contributed by atoms with Gasteiger partial charge < -0.3 is 10.0 Å². The van der Waals surface area contributed by atoms with Gasteiger partial charge in [0, 0.05) is 23.2 Å². The lowest BCUT2D eigenvalue weighted by Gasteiger charge is -2.30. The fourth-order valence-corrected chi connectivity index (χ4v) is 3.13. The maximum atomic E-state index is 13.1. The third-order valence-electron chi connectivity index (χ3n) is 4.34. The van der Waals surface area contributed by atoms with E-state index in [1.54, 1.807) is 12.1 Å². The second kappa shape index (κ2) is 9.23. The number of nitrogens with zero attached hydrogens (tertiary/aromatic N) is 1. The predicted molar refractivity (Wildman–Crippen MR) is 116 cm³/mol. The molecule has 0 radical (unpaired) electrons. The lowest BCUT2D eigenvalue weighted by atomic mass is 9.77. The first-order valence-electron chi connectivity index (χ1n) is 9.57. The normalized spacial score (nSPS) is 11.0. The molecule has 0 atom stereocenters. The fourth-order valence-electron chi connectivity index (χ4n) is 3.13. The number of benzene rings is 2. The molecule has 7 nitrogen and oxygen atoms in total. The molecule has 30 heavy (non-hydrogen) atoms. The van der Waals surface area contributed by atoms with E-state index in [2.05, 4.69) is 5.43 Å². The molecule has 8 heteroatoms. The molecular weight excluding hydrogens is 383 g/mol. The van der Waals surface area contributed by atoms with Crippen LogP contribution in [0.2, 0.25) is 0 Å². The minimum atomic E-state index is -1.83. The molecule has 2 aromatic carbocycles. The molecule has 0 aliphatic carbocycles. The Bertz CT molecular complexity index is 946. The first kappa shape index (κ1) is 23.3. The second-order valence-corrected chi connectivity index (χ2v) is 8.60. The molecule has 0 aromatic heterocycles. The van der Waals surface area contributed by atoms with Gasteiger partial charge >= 0.3 is 7.12 Å². The summed E-state index contributed by atoms with van der Waals surface area (Å²) < 4.78 is 0. The zero-order valence-corrected chi connectivity index (χ0v) is 17.9. The largest absolute Gasteiger partial charge is 0.489 e. The van der Waals surface area contributed by atoms with Gasteiger partial charge in [-0.15, -0.1) is 0 Å². The van der Waals surface area contributed by atoms with Crippen molar-refractivity contribution < 1.29 is 24.4 Å². The quantitative estimate of drug-likeness (QED) is 0.395. The van der Waals surface area contributed by atoms with Crippen molar-refractivity contribution in [2.24, 2.45) is 5.41 Å². The van der Waals surface area contributed by atoms with Crippen LogP contribution in [-0.2, 0) is 0 Å². The number of nitrogens with one attached hydrogen (secondary N) is 1. The van der Waals surface area contributed by atoms with E-state index in [4.69, 9.17) is 0 Å². The molecular formula is C22H27BN2O5. The Balaban J connectivity index is 2.35. The number of hydrazine groups is 1. The van der Waals surface area contributed by atoms with Crippen LogP contribution < -0.4 is 10.9 Å². The molecule has 0 unspecified atom stereocenters. The van der Waals surface area contributed by atoms with Crippen LogP contribution in [0.1, 0.15) is 63.0 Å². The smallest absolute Gasteiger partial charge is 0.423 e. The SMILES string of the molecule is Cc1cc(C)cc(C(=O)N(CC(C)(C)C)NC(=O)c2ccc(B(O)O)c(C=O)c2)c1. The van der Waals surface area contributed by atoms with Crippen LogP contribution in [0.5, 0.6) is 0 Å². The van der Waals surface area contributed by atoms with Crippen LogP contribution >= 0.6 is 0 Å². The lowest BCUT2D eigenvalue weighted by Crippen LogP contribution is -2.49. The van der Waals surface area contributed by atoms with E-state index in [1.807, 2.05) is 40.7 Å². The fraction of sp³-hybridized carbons (Fsp3) is 0.318. The van der Waals surface area contributed by atoms with E-state index in [0.717, 1.165) is 11.1 Å². The van der Waals surface area contributed by atoms with Gasteiger partial charge in [0.1, 0.15) is 6.29 Å². The van der Waals surface area contributed by atoms with Gasteiger partial charge in [0.15, 0.2) is 0 Å². The van der Waals surface area contributed by atoms with Crippen LogP contribution in [0.25, 0.3) is 0 Å². The summed E-state index contributed by atoms with van der Waals surface area (Å²) >= 11 is 0. The molecule has 0 aliphatic heterocycles. The van der Waals surface area contributed by atoms with Crippen molar-refractivity contribution >= 4 is 30.7 Å². The van der Waals surface area contributed by atoms with E-state index in [9.17, 15) is 24.4 Å². The molecule has 0 saturated carbocycles. The third-order valence-corrected chi connectivity index (χ3v) is 4.34. The van der Waals surface area contributed by atoms with Gasteiger partial charge in [0.2, 0.25) is 0 Å². The average Bonchev–Trinajstić information content (AvgIpc) is 2.64. The Hall–Kier alpha value is -2.97. The summed E-state index contributed by atoms with van der Waals surface area (Å²) in [7, 11) is -1.83. The third kappa shape index (κ3) is 6.01. The molecule has 0 aliphatic rings. The van der Waals surface area contributed by atoms with Crippen LogP contribution in [0.15, 0.2) is 36.4 Å². The molecule has 3 N–H and O–H groups in total. The Morgan fingerprint density at radius 3 is 2.13 bits per heavy atom. The Labute approximate surface area is 176 Å². The molecule has 0 fully saturated rings. The van der Waals surface area contributed by atoms with Crippen molar-refractivity contribution in [3.8, 4) is 0 Å². The van der Waals surface area contributed by atoms with Crippen LogP contribution in [0.4, 0.5) is 0 Å². The summed E-state index contributed by atoms with van der Waals surface area (Å²) in [6.45, 7) is 9.90. The van der Waals surface area contributed by atoms with Crippen LogP contribution in [0, 0.1) is 19.3 Å². The van der Waals surface area contributed by atoms with E-state index in [0.29, 0.717) is 11.8 Å². The minimum absolute atomic E-state index is 0.000546. The highest BCUT2D eigenvalue weighted by Gasteiger charge is 2.25. The van der Waals surface area contributed by atoms with Gasteiger partial charge in [-0.2, -0.15) is 0 Å². The van der Waals surface area contributed by atoms with Crippen molar-refractivity contribution in [1.82, 2.24) is 10.4 Å². The topological polar surface area (TPSA) is 107 Å². The monoisotopic (exact) mass is 410 g/mol. The number of aryl methyl sites for hydroxylation is 2. The van der Waals surface area contributed by atoms with Crippen LogP contribution in [-0.4, -0.2) is 46.8 Å². The van der Waals surface area contributed by atoms with Crippen molar-refractivity contribution in [2.45, 2.75) is 34.6 Å². The number of aldehydes is 1. The van der Waals surface area contributed by atoms with Crippen molar-refractivity contribution in [1.29, 1.82) is 0 Å². The number of hydrogen-bond acceptors (Lipinski definition) is 5. The highest BCUT2D eigenvalue weighted by Crippen LogP contribution is 2.18. The second-order valence-electron chi connectivity index (χ2n) is 8.60. The van der Waals surface area contributed by atoms with Crippen molar-refractivity contribution in [3.05, 3.63) is 64.2 Å². The van der Waals surface area contributed by atoms with E-state index in [-0.39, 0.29) is 34.5 Å². The lowest BCUT2D eigenvalue weighted by molar-refractivity contribution is 0.0509. The maximum absolute atomic E-state index is 13.1. The summed E-state index contributed by atoms with van der Waals surface area (Å²) in [5, 5.41) is 19.9. The first-order chi connectivity index (χ1) is 13.9. The zero-order chi connectivity index (χ0) is 22.6. The Morgan fingerprint density at radius 1 is 1.03 bits per heavy atom. The molecule has 2 rings (SSSR count). The molecule has 2 amide bonds. The predicted octanol–water partition coefficient (Wildman–Crippen LogP) is 1.63. The number of carbonyl (C=O) groups is 3. The zero-order valence-electron chi connectivity index (χ0n) is 17.9. The van der Waals surface area contributed by atoms with Gasteiger partial charge in [-0.1, -0.05) is 44.0 Å². The standard InChI is InChI=1S/C22H27BN2O5/c1-14-8-15(2)10-17(9-14)21(28)25(13-22(3,4)5)24-20(27)16-6-7-19(23(29)30)18(11-16)12-26/h6-12,29-30H,13H2,1-5H3,(H,24,27). The van der Waals surface area contributed by atoms with Gasteiger partial charge in [-0.05, 0) is 49.0 Å². The van der Waals surface area contributed by atoms with Gasteiger partial charge in [0.25, 0.3) is 11.8 Å². The summed E-state index contributed by atoms with van der Waals surface area (Å²) in [6, 6.07) is 9.41. The molecule has 0 spiro atoms. The Kier molecular flexibility index (Phi) is 7.18. The summed E-state index contributed by atoms with van der Waals surface area (Å²) in [4.78, 5) is 37.2. The van der Waals surface area contributed by atoms with E-state index >= 15 is 0 Å². The van der Waals surface area contributed by atoms with Gasteiger partial charge in [0.05, 0.1) is 0 Å². The number of hydrogen-bond donors (Lipinski definition) is 3. The highest BCUT2D eigenvalue weighted by molar-refractivity contribution is 6.60. The summed E-state index contributed by atoms with van der Waals surface area (Å²) in [5.74, 6) is -0.929. The first-order valence-corrected chi connectivity index (χ1v) is 9.57. The van der Waals surface area contributed by atoms with Gasteiger partial charge in [-0.25, -0.2) is 5.01 Å². The van der Waals surface area contributed by atoms with E-state index < -0.39 is 13.0 Å². The average molecular weight is 410 g/mol. The molecule has 0 heterocycles. The van der Waals surface area contributed by atoms with Crippen molar-refractivity contribution in [3.63, 3.8) is 0 Å². The summed E-state index contributed by atoms with van der Waals surface area (Å²) in [5.41, 5.74) is 4.79. The Morgan fingerprint density at radius 2 is 1.63 bits per heavy atom.